The highest BCUT2D eigenvalue weighted by atomic mass is 19.1. The molecule has 0 aliphatic carbocycles. The van der Waals surface area contributed by atoms with Crippen LogP contribution in [0.5, 0.6) is 5.75 Å². The maximum Gasteiger partial charge on any atom is 0.412 e. The van der Waals surface area contributed by atoms with E-state index in [0.717, 1.165) is 6.07 Å². The third kappa shape index (κ3) is 6.35. The molecule has 0 heterocycles. The Balaban J connectivity index is 1.83. The van der Waals surface area contributed by atoms with Crippen LogP contribution in [-0.4, -0.2) is 17.1 Å². The van der Waals surface area contributed by atoms with E-state index in [0.29, 0.717) is 22.6 Å². The van der Waals surface area contributed by atoms with Crippen LogP contribution in [0.15, 0.2) is 84.9 Å². The Labute approximate surface area is 197 Å². The third-order valence-electron chi connectivity index (χ3n) is 5.08. The molecule has 0 aliphatic heterocycles. The van der Waals surface area contributed by atoms with Crippen molar-refractivity contribution >= 4 is 29.1 Å². The molecule has 0 aromatic heterocycles. The summed E-state index contributed by atoms with van der Waals surface area (Å²) < 4.78 is 19.8. The van der Waals surface area contributed by atoms with Crippen LogP contribution in [0.2, 0.25) is 0 Å². The quantitative estimate of drug-likeness (QED) is 0.268. The monoisotopic (exact) mass is 463 g/mol. The van der Waals surface area contributed by atoms with E-state index in [9.17, 15) is 19.1 Å². The molecule has 3 aromatic rings. The van der Waals surface area contributed by atoms with Gasteiger partial charge in [0, 0.05) is 11.1 Å². The second-order valence-electron chi connectivity index (χ2n) is 8.22. The van der Waals surface area contributed by atoms with Gasteiger partial charge in [0.25, 0.3) is 0 Å². The third-order valence-corrected chi connectivity index (χ3v) is 5.08. The van der Waals surface area contributed by atoms with Crippen molar-refractivity contribution in [3.8, 4) is 5.75 Å². The first-order valence-corrected chi connectivity index (χ1v) is 10.5. The van der Waals surface area contributed by atoms with E-state index in [1.165, 1.54) is 18.2 Å². The second kappa shape index (κ2) is 10.5. The van der Waals surface area contributed by atoms with Gasteiger partial charge in [-0.05, 0) is 48.0 Å². The number of anilines is 3. The van der Waals surface area contributed by atoms with Gasteiger partial charge in [-0.15, -0.1) is 0 Å². The van der Waals surface area contributed by atoms with Gasteiger partial charge in [0.1, 0.15) is 6.10 Å². The fourth-order valence-electron chi connectivity index (χ4n) is 3.27. The van der Waals surface area contributed by atoms with Crippen molar-refractivity contribution in [1.82, 2.24) is 0 Å². The predicted molar refractivity (Wildman–Crippen MR) is 130 cm³/mol. The number of phenolic OH excluding ortho intramolecular Hbond substituents is 1. The molecule has 0 radical (unpaired) electrons. The van der Waals surface area contributed by atoms with E-state index >= 15 is 0 Å². The summed E-state index contributed by atoms with van der Waals surface area (Å²) in [5.41, 5.74) is 6.63. The van der Waals surface area contributed by atoms with E-state index in [1.54, 1.807) is 74.5 Å². The minimum Gasteiger partial charge on any atom is -0.505 e. The Morgan fingerprint density at radius 1 is 1.03 bits per heavy atom. The van der Waals surface area contributed by atoms with E-state index in [2.05, 4.69) is 10.6 Å². The number of carbonyl (C=O) groups excluding carboxylic acids is 2. The van der Waals surface area contributed by atoms with Crippen molar-refractivity contribution < 1.29 is 23.8 Å². The molecule has 34 heavy (non-hydrogen) atoms. The Morgan fingerprint density at radius 2 is 1.71 bits per heavy atom. The number of nitrogens with two attached hydrogens (primary N) is 1. The highest BCUT2D eigenvalue weighted by molar-refractivity contribution is 6.01. The SMILES string of the molecule is CC(C)(/C=C/C(=O)Nc1ccccc1N)[C@H](OC(=O)Nc1ccccc1)c1ccc(O)c(F)c1. The molecule has 0 fully saturated rings. The second-order valence-corrected chi connectivity index (χ2v) is 8.22. The average Bonchev–Trinajstić information content (AvgIpc) is 2.80. The van der Waals surface area contributed by atoms with Crippen molar-refractivity contribution in [3.05, 3.63) is 96.3 Å². The smallest absolute Gasteiger partial charge is 0.412 e. The summed E-state index contributed by atoms with van der Waals surface area (Å²) in [7, 11) is 0. The van der Waals surface area contributed by atoms with Crippen molar-refractivity contribution in [2.75, 3.05) is 16.4 Å². The largest absolute Gasteiger partial charge is 0.505 e. The van der Waals surface area contributed by atoms with Crippen LogP contribution in [-0.2, 0) is 9.53 Å². The van der Waals surface area contributed by atoms with E-state index in [4.69, 9.17) is 10.5 Å². The Kier molecular flexibility index (Phi) is 7.53. The average molecular weight is 464 g/mol. The fourth-order valence-corrected chi connectivity index (χ4v) is 3.27. The van der Waals surface area contributed by atoms with E-state index in [1.807, 2.05) is 0 Å². The van der Waals surface area contributed by atoms with Crippen molar-refractivity contribution in [3.63, 3.8) is 0 Å². The number of benzene rings is 3. The number of nitrogen functional groups attached to an aromatic ring is 1. The number of para-hydroxylation sites is 3. The highest BCUT2D eigenvalue weighted by Gasteiger charge is 2.33. The molecule has 2 amide bonds. The number of ether oxygens (including phenoxy) is 1. The van der Waals surface area contributed by atoms with Gasteiger partial charge in [0.05, 0.1) is 11.4 Å². The van der Waals surface area contributed by atoms with Crippen LogP contribution in [0.4, 0.5) is 26.2 Å². The number of halogens is 1. The van der Waals surface area contributed by atoms with Crippen LogP contribution in [0.3, 0.4) is 0 Å². The van der Waals surface area contributed by atoms with Crippen LogP contribution < -0.4 is 16.4 Å². The van der Waals surface area contributed by atoms with Crippen LogP contribution in [0, 0.1) is 11.2 Å². The summed E-state index contributed by atoms with van der Waals surface area (Å²) in [6.45, 7) is 3.47. The van der Waals surface area contributed by atoms with Gasteiger partial charge in [0.2, 0.25) is 5.91 Å². The zero-order chi connectivity index (χ0) is 24.7. The molecular weight excluding hydrogens is 437 g/mol. The maximum absolute atomic E-state index is 14.1. The molecule has 7 nitrogen and oxygen atoms in total. The van der Waals surface area contributed by atoms with Gasteiger partial charge in [0.15, 0.2) is 11.6 Å². The predicted octanol–water partition coefficient (Wildman–Crippen LogP) is 5.62. The minimum atomic E-state index is -0.989. The van der Waals surface area contributed by atoms with Gasteiger partial charge in [-0.3, -0.25) is 10.1 Å². The Bertz CT molecular complexity index is 1200. The Morgan fingerprint density at radius 3 is 2.38 bits per heavy atom. The lowest BCUT2D eigenvalue weighted by molar-refractivity contribution is -0.112. The first-order chi connectivity index (χ1) is 16.2. The normalized spacial score (nSPS) is 12.2. The van der Waals surface area contributed by atoms with Crippen LogP contribution in [0.1, 0.15) is 25.5 Å². The van der Waals surface area contributed by atoms with Gasteiger partial charge in [-0.1, -0.05) is 56.3 Å². The number of nitrogens with one attached hydrogen (secondary N) is 2. The standard InChI is InChI=1S/C26H26FN3O4/c1-26(2,15-14-23(32)30-21-11-7-6-10-20(21)28)24(17-12-13-22(31)19(27)16-17)34-25(33)29-18-8-4-3-5-9-18/h3-16,24,31H,28H2,1-2H3,(H,29,33)(H,30,32)/b15-14+/t24-/m1/s1. The van der Waals surface area contributed by atoms with Gasteiger partial charge >= 0.3 is 6.09 Å². The number of phenols is 1. The lowest BCUT2D eigenvalue weighted by Crippen LogP contribution is -2.28. The molecule has 0 spiro atoms. The first-order valence-electron chi connectivity index (χ1n) is 10.5. The Hall–Kier alpha value is -4.33. The molecule has 3 rings (SSSR count). The topological polar surface area (TPSA) is 114 Å². The zero-order valence-electron chi connectivity index (χ0n) is 18.8. The summed E-state index contributed by atoms with van der Waals surface area (Å²) in [6, 6.07) is 19.3. The molecule has 1 atom stereocenters. The summed E-state index contributed by atoms with van der Waals surface area (Å²) in [5, 5.41) is 14.9. The minimum absolute atomic E-state index is 0.306. The number of hydrogen-bond donors (Lipinski definition) is 4. The lowest BCUT2D eigenvalue weighted by atomic mass is 9.82. The van der Waals surface area contributed by atoms with E-state index in [-0.39, 0.29) is 0 Å². The lowest BCUT2D eigenvalue weighted by Gasteiger charge is -2.31. The molecule has 0 bridgehead atoms. The van der Waals surface area contributed by atoms with Crippen molar-refractivity contribution in [2.24, 2.45) is 5.41 Å². The van der Waals surface area contributed by atoms with Crippen molar-refractivity contribution in [2.45, 2.75) is 20.0 Å². The fraction of sp³-hybridized carbons (Fsp3) is 0.154. The molecule has 0 saturated heterocycles. The number of aromatic hydroxyl groups is 1. The first kappa shape index (κ1) is 24.3. The zero-order valence-corrected chi connectivity index (χ0v) is 18.8. The van der Waals surface area contributed by atoms with Crippen LogP contribution >= 0.6 is 0 Å². The molecule has 0 aliphatic rings. The van der Waals surface area contributed by atoms with Gasteiger partial charge in [-0.2, -0.15) is 0 Å². The van der Waals surface area contributed by atoms with Gasteiger partial charge < -0.3 is 20.9 Å². The summed E-state index contributed by atoms with van der Waals surface area (Å²) in [5.74, 6) is -1.81. The summed E-state index contributed by atoms with van der Waals surface area (Å²) in [6.07, 6.45) is 1.12. The molecule has 8 heteroatoms. The number of hydrogen-bond acceptors (Lipinski definition) is 5. The summed E-state index contributed by atoms with van der Waals surface area (Å²) >= 11 is 0. The molecule has 176 valence electrons. The molecule has 5 N–H and O–H groups in total. The number of amides is 2. The van der Waals surface area contributed by atoms with Crippen LogP contribution in [0.25, 0.3) is 0 Å². The molecular formula is C26H26FN3O4. The molecule has 3 aromatic carbocycles. The molecule has 0 unspecified atom stereocenters. The number of rotatable bonds is 7. The molecule has 0 saturated carbocycles. The number of carbonyl (C=O) groups is 2. The highest BCUT2D eigenvalue weighted by Crippen LogP contribution is 2.39. The summed E-state index contributed by atoms with van der Waals surface area (Å²) in [4.78, 5) is 25.1. The van der Waals surface area contributed by atoms with Crippen molar-refractivity contribution in [1.29, 1.82) is 0 Å². The van der Waals surface area contributed by atoms with E-state index < -0.39 is 35.1 Å². The van der Waals surface area contributed by atoms with Gasteiger partial charge in [-0.25, -0.2) is 9.18 Å². The maximum atomic E-state index is 14.1.